The van der Waals surface area contributed by atoms with Gasteiger partial charge in [0.1, 0.15) is 5.82 Å². The van der Waals surface area contributed by atoms with E-state index < -0.39 is 0 Å². The summed E-state index contributed by atoms with van der Waals surface area (Å²) in [4.78, 5) is 1.98. The van der Waals surface area contributed by atoms with Crippen LogP contribution in [0.2, 0.25) is 0 Å². The topological polar surface area (TPSA) is 38.5 Å². The molecule has 3 nitrogen and oxygen atoms in total. The number of para-hydroxylation sites is 1. The highest BCUT2D eigenvalue weighted by molar-refractivity contribution is 5.68. The van der Waals surface area contributed by atoms with E-state index in [9.17, 15) is 4.39 Å². The molecule has 1 aromatic rings. The van der Waals surface area contributed by atoms with E-state index in [1.54, 1.807) is 19.2 Å². The van der Waals surface area contributed by atoms with Crippen molar-refractivity contribution in [1.82, 2.24) is 0 Å². The van der Waals surface area contributed by atoms with Gasteiger partial charge in [-0.05, 0) is 31.9 Å². The van der Waals surface area contributed by atoms with E-state index in [0.29, 0.717) is 17.9 Å². The minimum absolute atomic E-state index is 0.215. The number of halogens is 1. The van der Waals surface area contributed by atoms with E-state index in [2.05, 4.69) is 6.92 Å². The number of anilines is 2. The summed E-state index contributed by atoms with van der Waals surface area (Å²) in [5, 5.41) is 0. The Bertz CT molecular complexity index is 390. The molecule has 0 radical (unpaired) electrons. The lowest BCUT2D eigenvalue weighted by Gasteiger charge is -2.41. The van der Waals surface area contributed by atoms with Gasteiger partial charge in [0, 0.05) is 20.2 Å². The molecule has 0 amide bonds. The summed E-state index contributed by atoms with van der Waals surface area (Å²) in [7, 11) is 1.70. The molecule has 0 bridgehead atoms. The molecular weight excluding hydrogens is 219 g/mol. The van der Waals surface area contributed by atoms with E-state index >= 15 is 0 Å². The number of benzene rings is 1. The fourth-order valence-electron chi connectivity index (χ4n) is 2.43. The fourth-order valence-corrected chi connectivity index (χ4v) is 2.43. The molecule has 1 aliphatic rings. The third-order valence-corrected chi connectivity index (χ3v) is 3.49. The van der Waals surface area contributed by atoms with Gasteiger partial charge in [-0.25, -0.2) is 4.39 Å². The lowest BCUT2D eigenvalue weighted by Crippen LogP contribution is -2.47. The highest BCUT2D eigenvalue weighted by Crippen LogP contribution is 2.33. The predicted molar refractivity (Wildman–Crippen MR) is 67.7 cm³/mol. The summed E-state index contributed by atoms with van der Waals surface area (Å²) in [6.07, 6.45) is 1.98. The second kappa shape index (κ2) is 4.53. The summed E-state index contributed by atoms with van der Waals surface area (Å²) in [6, 6.07) is 4.81. The number of methoxy groups -OCH3 is 1. The first kappa shape index (κ1) is 12.2. The lowest BCUT2D eigenvalue weighted by atomic mass is 9.94. The average Bonchev–Trinajstić information content (AvgIpc) is 2.29. The van der Waals surface area contributed by atoms with E-state index in [0.717, 1.165) is 19.4 Å². The Hall–Kier alpha value is -1.29. The van der Waals surface area contributed by atoms with Crippen LogP contribution in [0.25, 0.3) is 0 Å². The number of ether oxygens (including phenoxy) is 1. The molecule has 17 heavy (non-hydrogen) atoms. The Morgan fingerprint density at radius 1 is 1.47 bits per heavy atom. The largest absolute Gasteiger partial charge is 0.397 e. The highest BCUT2D eigenvalue weighted by atomic mass is 19.1. The highest BCUT2D eigenvalue weighted by Gasteiger charge is 2.32. The minimum Gasteiger partial charge on any atom is -0.397 e. The van der Waals surface area contributed by atoms with Crippen molar-refractivity contribution >= 4 is 11.4 Å². The quantitative estimate of drug-likeness (QED) is 0.804. The van der Waals surface area contributed by atoms with Crippen molar-refractivity contribution in [2.75, 3.05) is 30.8 Å². The van der Waals surface area contributed by atoms with Gasteiger partial charge < -0.3 is 15.4 Å². The SMILES string of the molecule is COC1(C)CCCN(c2c(N)cccc2F)C1. The number of nitrogens with zero attached hydrogens (tertiary/aromatic N) is 1. The minimum atomic E-state index is -0.259. The Balaban J connectivity index is 2.28. The van der Waals surface area contributed by atoms with Gasteiger partial charge in [0.15, 0.2) is 0 Å². The molecule has 1 unspecified atom stereocenters. The van der Waals surface area contributed by atoms with Crippen molar-refractivity contribution in [2.45, 2.75) is 25.4 Å². The van der Waals surface area contributed by atoms with Gasteiger partial charge in [-0.3, -0.25) is 0 Å². The molecule has 94 valence electrons. The van der Waals surface area contributed by atoms with Crippen molar-refractivity contribution in [1.29, 1.82) is 0 Å². The van der Waals surface area contributed by atoms with Crippen LogP contribution in [0.3, 0.4) is 0 Å². The van der Waals surface area contributed by atoms with Crippen LogP contribution < -0.4 is 10.6 Å². The maximum Gasteiger partial charge on any atom is 0.148 e. The van der Waals surface area contributed by atoms with Crippen LogP contribution in [0.5, 0.6) is 0 Å². The molecule has 2 rings (SSSR count). The van der Waals surface area contributed by atoms with Crippen molar-refractivity contribution in [3.05, 3.63) is 24.0 Å². The van der Waals surface area contributed by atoms with Crippen LogP contribution in [0, 0.1) is 5.82 Å². The monoisotopic (exact) mass is 238 g/mol. The number of hydrogen-bond donors (Lipinski definition) is 1. The molecular formula is C13H19FN2O. The van der Waals surface area contributed by atoms with Gasteiger partial charge in [0.2, 0.25) is 0 Å². The second-order valence-corrected chi connectivity index (χ2v) is 4.86. The zero-order valence-corrected chi connectivity index (χ0v) is 10.4. The maximum atomic E-state index is 13.8. The summed E-state index contributed by atoms with van der Waals surface area (Å²) in [6.45, 7) is 3.55. The van der Waals surface area contributed by atoms with Crippen LogP contribution in [0.15, 0.2) is 18.2 Å². The van der Waals surface area contributed by atoms with Crippen LogP contribution in [0.4, 0.5) is 15.8 Å². The van der Waals surface area contributed by atoms with E-state index in [1.807, 2.05) is 4.90 Å². The third kappa shape index (κ3) is 2.36. The van der Waals surface area contributed by atoms with Gasteiger partial charge in [0.25, 0.3) is 0 Å². The van der Waals surface area contributed by atoms with Crippen LogP contribution in [-0.4, -0.2) is 25.8 Å². The van der Waals surface area contributed by atoms with E-state index in [4.69, 9.17) is 10.5 Å². The molecule has 1 aromatic carbocycles. The molecule has 4 heteroatoms. The molecule has 1 fully saturated rings. The van der Waals surface area contributed by atoms with E-state index in [-0.39, 0.29) is 11.4 Å². The zero-order valence-electron chi connectivity index (χ0n) is 10.4. The number of nitrogens with two attached hydrogens (primary N) is 1. The summed E-state index contributed by atoms with van der Waals surface area (Å²) in [5.74, 6) is -0.259. The van der Waals surface area contributed by atoms with Gasteiger partial charge in [-0.15, -0.1) is 0 Å². The van der Waals surface area contributed by atoms with Crippen LogP contribution >= 0.6 is 0 Å². The predicted octanol–water partition coefficient (Wildman–Crippen LogP) is 2.41. The first-order valence-electron chi connectivity index (χ1n) is 5.90. The summed E-state index contributed by atoms with van der Waals surface area (Å²) >= 11 is 0. The van der Waals surface area contributed by atoms with E-state index in [1.165, 1.54) is 6.07 Å². The van der Waals surface area contributed by atoms with Crippen LogP contribution in [-0.2, 0) is 4.74 Å². The van der Waals surface area contributed by atoms with Crippen molar-refractivity contribution in [2.24, 2.45) is 0 Å². The number of piperidine rings is 1. The van der Waals surface area contributed by atoms with Gasteiger partial charge in [-0.1, -0.05) is 6.07 Å². The van der Waals surface area contributed by atoms with Gasteiger partial charge in [-0.2, -0.15) is 0 Å². The number of hydrogen-bond acceptors (Lipinski definition) is 3. The Kier molecular flexibility index (Phi) is 3.24. The smallest absolute Gasteiger partial charge is 0.148 e. The van der Waals surface area contributed by atoms with Gasteiger partial charge >= 0.3 is 0 Å². The maximum absolute atomic E-state index is 13.8. The van der Waals surface area contributed by atoms with Crippen LogP contribution in [0.1, 0.15) is 19.8 Å². The Labute approximate surface area is 101 Å². The summed E-state index contributed by atoms with van der Waals surface area (Å²) < 4.78 is 19.3. The lowest BCUT2D eigenvalue weighted by molar-refractivity contribution is -0.00473. The number of nitrogen functional groups attached to an aromatic ring is 1. The zero-order chi connectivity index (χ0) is 12.5. The van der Waals surface area contributed by atoms with Gasteiger partial charge in [0.05, 0.1) is 17.0 Å². The molecule has 1 aliphatic heterocycles. The summed E-state index contributed by atoms with van der Waals surface area (Å²) in [5.41, 5.74) is 6.65. The number of rotatable bonds is 2. The second-order valence-electron chi connectivity index (χ2n) is 4.86. The third-order valence-electron chi connectivity index (χ3n) is 3.49. The standard InChI is InChI=1S/C13H19FN2O/c1-13(17-2)7-4-8-16(9-13)12-10(14)5-3-6-11(12)15/h3,5-6H,4,7-9,15H2,1-2H3. The Morgan fingerprint density at radius 3 is 2.88 bits per heavy atom. The van der Waals surface area contributed by atoms with Crippen molar-refractivity contribution in [3.8, 4) is 0 Å². The molecule has 0 spiro atoms. The normalized spacial score (nSPS) is 25.0. The molecule has 1 saturated heterocycles. The Morgan fingerprint density at radius 2 is 2.24 bits per heavy atom. The molecule has 0 aromatic heterocycles. The molecule has 1 atom stereocenters. The molecule has 0 aliphatic carbocycles. The molecule has 1 heterocycles. The van der Waals surface area contributed by atoms with Crippen molar-refractivity contribution in [3.63, 3.8) is 0 Å². The molecule has 2 N–H and O–H groups in total. The fraction of sp³-hybridized carbons (Fsp3) is 0.538. The molecule has 0 saturated carbocycles. The first-order chi connectivity index (χ1) is 8.06. The first-order valence-corrected chi connectivity index (χ1v) is 5.90. The van der Waals surface area contributed by atoms with Crippen molar-refractivity contribution < 1.29 is 9.13 Å². The average molecular weight is 238 g/mol.